The van der Waals surface area contributed by atoms with Gasteiger partial charge in [-0.15, -0.1) is 11.3 Å². The van der Waals surface area contributed by atoms with Crippen LogP contribution in [-0.2, 0) is 23.9 Å². The molecule has 3 unspecified atom stereocenters. The molecule has 3 aliphatic heterocycles. The van der Waals surface area contributed by atoms with Crippen LogP contribution >= 0.6 is 11.3 Å². The highest BCUT2D eigenvalue weighted by atomic mass is 32.1. The van der Waals surface area contributed by atoms with Gasteiger partial charge in [-0.2, -0.15) is 0 Å². The van der Waals surface area contributed by atoms with Gasteiger partial charge in [-0.05, 0) is 52.0 Å². The predicted molar refractivity (Wildman–Crippen MR) is 162 cm³/mol. The first-order chi connectivity index (χ1) is 21.2. The number of hydrogen-bond donors (Lipinski definition) is 2. The summed E-state index contributed by atoms with van der Waals surface area (Å²) >= 11 is 1.38. The largest absolute Gasteiger partial charge is 0.459 e. The summed E-state index contributed by atoms with van der Waals surface area (Å²) in [7, 11) is 1.73. The number of aromatic nitrogens is 1. The molecule has 3 amide bonds. The molecule has 11 nitrogen and oxygen atoms in total. The van der Waals surface area contributed by atoms with Crippen molar-refractivity contribution in [1.29, 1.82) is 0 Å². The number of Topliss-reactive ketones (excluding diaryl/α,β-unsaturated/α-hetero) is 1. The van der Waals surface area contributed by atoms with E-state index in [1.165, 1.54) is 11.3 Å². The van der Waals surface area contributed by atoms with Gasteiger partial charge in [0.1, 0.15) is 28.9 Å². The summed E-state index contributed by atoms with van der Waals surface area (Å²) in [5.74, 6) is -1.22. The van der Waals surface area contributed by atoms with Crippen molar-refractivity contribution < 1.29 is 28.7 Å². The Morgan fingerprint density at radius 1 is 1.07 bits per heavy atom. The zero-order valence-corrected chi connectivity index (χ0v) is 26.1. The maximum Gasteiger partial charge on any atom is 0.329 e. The number of allylic oxidation sites excluding steroid dienone is 3. The minimum Gasteiger partial charge on any atom is -0.459 e. The van der Waals surface area contributed by atoms with Crippen molar-refractivity contribution in [3.05, 3.63) is 39.9 Å². The van der Waals surface area contributed by atoms with Gasteiger partial charge in [0.25, 0.3) is 0 Å². The molecule has 12 heteroatoms. The molecule has 44 heavy (non-hydrogen) atoms. The number of carbonyl (C=O) groups is 5. The van der Waals surface area contributed by atoms with Crippen molar-refractivity contribution in [2.45, 2.75) is 95.0 Å². The molecule has 0 spiro atoms. The average molecular weight is 624 g/mol. The molecule has 4 fully saturated rings. The molecule has 1 aromatic rings. The van der Waals surface area contributed by atoms with Gasteiger partial charge >= 0.3 is 5.97 Å². The smallest absolute Gasteiger partial charge is 0.329 e. The van der Waals surface area contributed by atoms with Crippen LogP contribution in [0.15, 0.2) is 29.2 Å². The fourth-order valence-electron chi connectivity index (χ4n) is 7.19. The van der Waals surface area contributed by atoms with Crippen molar-refractivity contribution in [1.82, 2.24) is 25.4 Å². The minimum absolute atomic E-state index is 0.0627. The third-order valence-corrected chi connectivity index (χ3v) is 10.8. The Morgan fingerprint density at radius 3 is 2.55 bits per heavy atom. The third-order valence-electron chi connectivity index (χ3n) is 9.87. The molecule has 0 aromatic carbocycles. The Bertz CT molecular complexity index is 1380. The second-order valence-corrected chi connectivity index (χ2v) is 13.5. The van der Waals surface area contributed by atoms with Crippen LogP contribution in [0.1, 0.15) is 86.2 Å². The van der Waals surface area contributed by atoms with E-state index in [9.17, 15) is 24.0 Å². The van der Waals surface area contributed by atoms with Crippen molar-refractivity contribution >= 4 is 40.8 Å². The molecule has 4 heterocycles. The summed E-state index contributed by atoms with van der Waals surface area (Å²) < 4.78 is 5.20. The maximum atomic E-state index is 14.0. The summed E-state index contributed by atoms with van der Waals surface area (Å²) in [5, 5.41) is 8.49. The van der Waals surface area contributed by atoms with Gasteiger partial charge < -0.3 is 25.2 Å². The van der Waals surface area contributed by atoms with Gasteiger partial charge in [0, 0.05) is 23.9 Å². The van der Waals surface area contributed by atoms with Gasteiger partial charge in [-0.1, -0.05) is 37.5 Å². The summed E-state index contributed by atoms with van der Waals surface area (Å²) in [6.07, 6.45) is 12.6. The number of nitrogens with one attached hydrogen (secondary N) is 2. The SMILES string of the molecule is CN[C@@H](C)C(=O)N[C@H](C(=O)N1CCC[C@H]1c1nc(C(=O)C2=CCC(C(=O)N3CC4CC3C(=O)O4)C=C2)cs1)C1CCCCC1. The van der Waals surface area contributed by atoms with Crippen LogP contribution in [0.5, 0.6) is 0 Å². The van der Waals surface area contributed by atoms with Crippen LogP contribution in [-0.4, -0.2) is 88.6 Å². The molecule has 2 bridgehead atoms. The van der Waals surface area contributed by atoms with Gasteiger partial charge in [0.2, 0.25) is 23.5 Å². The number of rotatable bonds is 9. The normalized spacial score (nSPS) is 28.0. The lowest BCUT2D eigenvalue weighted by Gasteiger charge is -2.35. The molecule has 0 radical (unpaired) electrons. The maximum absolute atomic E-state index is 14.0. The van der Waals surface area contributed by atoms with E-state index < -0.39 is 24.0 Å². The number of likely N-dealkylation sites (N-methyl/N-ethyl adjacent to an activating group) is 1. The fraction of sp³-hybridized carbons (Fsp3) is 0.625. The lowest BCUT2D eigenvalue weighted by atomic mass is 9.83. The number of hydrogen-bond acceptors (Lipinski definition) is 9. The van der Waals surface area contributed by atoms with Crippen LogP contribution in [0.25, 0.3) is 0 Å². The summed E-state index contributed by atoms with van der Waals surface area (Å²) in [6, 6.07) is -1.70. The molecule has 6 atom stereocenters. The topological polar surface area (TPSA) is 138 Å². The lowest BCUT2D eigenvalue weighted by Crippen LogP contribution is -2.55. The van der Waals surface area contributed by atoms with E-state index >= 15 is 0 Å². The van der Waals surface area contributed by atoms with Crippen molar-refractivity contribution in [3.8, 4) is 0 Å². The molecule has 3 saturated heterocycles. The molecule has 5 aliphatic rings. The predicted octanol–water partition coefficient (Wildman–Crippen LogP) is 2.69. The Hall–Kier alpha value is -3.38. The van der Waals surface area contributed by atoms with Crippen LogP contribution in [0.3, 0.4) is 0 Å². The van der Waals surface area contributed by atoms with Crippen LogP contribution in [0.4, 0.5) is 0 Å². The summed E-state index contributed by atoms with van der Waals surface area (Å²) in [6.45, 7) is 2.81. The van der Waals surface area contributed by atoms with Crippen molar-refractivity contribution in [3.63, 3.8) is 0 Å². The molecular weight excluding hydrogens is 582 g/mol. The van der Waals surface area contributed by atoms with Crippen molar-refractivity contribution in [2.75, 3.05) is 20.1 Å². The molecule has 6 rings (SSSR count). The van der Waals surface area contributed by atoms with Gasteiger partial charge in [-0.3, -0.25) is 19.2 Å². The first-order valence-electron chi connectivity index (χ1n) is 15.9. The first-order valence-corrected chi connectivity index (χ1v) is 16.8. The molecular formula is C32H41N5O6S. The number of amides is 3. The van der Waals surface area contributed by atoms with E-state index in [0.717, 1.165) is 50.0 Å². The standard InChI is InChI=1S/C32H41N5O6S/c1-18(33-2)28(39)35-26(19-7-4-3-5-8-19)31(41)36-14-6-9-24(36)29-34-23(17-44-29)27(38)20-10-12-21(13-11-20)30(40)37-16-22-15-25(37)32(42)43-22/h10-12,17-19,21-22,24-26,33H,3-9,13-16H2,1-2H3,(H,35,39)/t18-,21?,22?,24-,25?,26-/m0/s1. The second kappa shape index (κ2) is 12.9. The number of thiazole rings is 1. The number of carbonyl (C=O) groups excluding carboxylic acids is 5. The quantitative estimate of drug-likeness (QED) is 0.317. The zero-order chi connectivity index (χ0) is 31.0. The van der Waals surface area contributed by atoms with Crippen LogP contribution in [0, 0.1) is 11.8 Å². The second-order valence-electron chi connectivity index (χ2n) is 12.6. The fourth-order valence-corrected chi connectivity index (χ4v) is 8.14. The van der Waals surface area contributed by atoms with Gasteiger partial charge in [0.05, 0.1) is 24.5 Å². The van der Waals surface area contributed by atoms with E-state index in [0.29, 0.717) is 37.2 Å². The number of esters is 1. The Morgan fingerprint density at radius 2 is 1.86 bits per heavy atom. The van der Waals surface area contributed by atoms with Crippen LogP contribution in [0.2, 0.25) is 0 Å². The van der Waals surface area contributed by atoms with E-state index in [1.807, 2.05) is 4.90 Å². The van der Waals surface area contributed by atoms with Gasteiger partial charge in [0.15, 0.2) is 0 Å². The van der Waals surface area contributed by atoms with Crippen LogP contribution < -0.4 is 10.6 Å². The highest BCUT2D eigenvalue weighted by molar-refractivity contribution is 7.10. The van der Waals surface area contributed by atoms with E-state index in [4.69, 9.17) is 9.72 Å². The van der Waals surface area contributed by atoms with Gasteiger partial charge in [-0.25, -0.2) is 9.78 Å². The zero-order valence-electron chi connectivity index (χ0n) is 25.3. The number of likely N-dealkylation sites (tertiary alicyclic amines) is 2. The Balaban J connectivity index is 1.11. The number of ether oxygens (including phenoxy) is 1. The minimum atomic E-state index is -0.574. The summed E-state index contributed by atoms with van der Waals surface area (Å²) in [5.41, 5.74) is 0.802. The molecule has 1 aromatic heterocycles. The van der Waals surface area contributed by atoms with Crippen molar-refractivity contribution in [2.24, 2.45) is 11.8 Å². The Kier molecular flexibility index (Phi) is 9.00. The Labute approximate surface area is 261 Å². The van der Waals surface area contributed by atoms with E-state index in [-0.39, 0.29) is 47.5 Å². The third kappa shape index (κ3) is 5.98. The monoisotopic (exact) mass is 623 g/mol. The molecule has 2 aliphatic carbocycles. The molecule has 1 saturated carbocycles. The number of ketones is 1. The summed E-state index contributed by atoms with van der Waals surface area (Å²) in [4.78, 5) is 73.4. The van der Waals surface area contributed by atoms with E-state index in [2.05, 4.69) is 10.6 Å². The number of morpholine rings is 1. The molecule has 236 valence electrons. The highest BCUT2D eigenvalue weighted by Crippen LogP contribution is 2.37. The van der Waals surface area contributed by atoms with E-state index in [1.54, 1.807) is 42.5 Å². The average Bonchev–Trinajstić information content (AvgIpc) is 3.87. The molecule has 2 N–H and O–H groups in total. The first kappa shape index (κ1) is 30.6. The lowest BCUT2D eigenvalue weighted by molar-refractivity contribution is -0.158. The number of nitrogens with zero attached hydrogens (tertiary/aromatic N) is 3. The number of fused-ring (bicyclic) bond motifs is 2. The highest BCUT2D eigenvalue weighted by Gasteiger charge is 2.49.